The first kappa shape index (κ1) is 16.4. The molecule has 7 nitrogen and oxygen atoms in total. The van der Waals surface area contributed by atoms with Gasteiger partial charge in [0.25, 0.3) is 0 Å². The Hall–Kier alpha value is -0.960. The number of ether oxygens (including phenoxy) is 1. The summed E-state index contributed by atoms with van der Waals surface area (Å²) in [5, 5.41) is 7.12. The van der Waals surface area contributed by atoms with Crippen LogP contribution in [0.2, 0.25) is 0 Å². The standard InChI is InChI=1S/C13H24N4O3S/c1-14-5-8-16-10-13(9-15-16)21(18,19)17-6-3-12(4-7-17)11-20-2/h9-10,12,14H,3-8,11H2,1-2H3. The number of sulfonamides is 1. The number of rotatable bonds is 7. The van der Waals surface area contributed by atoms with E-state index < -0.39 is 10.0 Å². The minimum absolute atomic E-state index is 0.281. The molecule has 120 valence electrons. The van der Waals surface area contributed by atoms with Gasteiger partial charge in [0.15, 0.2) is 0 Å². The van der Waals surface area contributed by atoms with Gasteiger partial charge in [-0.25, -0.2) is 8.42 Å². The molecule has 21 heavy (non-hydrogen) atoms. The molecule has 1 aliphatic rings. The third-order valence-corrected chi connectivity index (χ3v) is 5.67. The van der Waals surface area contributed by atoms with Gasteiger partial charge in [0.1, 0.15) is 4.90 Å². The fraction of sp³-hybridized carbons (Fsp3) is 0.769. The highest BCUT2D eigenvalue weighted by Gasteiger charge is 2.30. The summed E-state index contributed by atoms with van der Waals surface area (Å²) < 4.78 is 33.5. The van der Waals surface area contributed by atoms with Gasteiger partial charge in [-0.15, -0.1) is 0 Å². The van der Waals surface area contributed by atoms with Gasteiger partial charge in [0, 0.05) is 39.5 Å². The molecular weight excluding hydrogens is 292 g/mol. The highest BCUT2D eigenvalue weighted by molar-refractivity contribution is 7.89. The zero-order chi connectivity index (χ0) is 15.3. The van der Waals surface area contributed by atoms with Crippen molar-refractivity contribution >= 4 is 10.0 Å². The summed E-state index contributed by atoms with van der Waals surface area (Å²) in [6.45, 7) is 3.22. The van der Waals surface area contributed by atoms with Crippen LogP contribution in [0.3, 0.4) is 0 Å². The van der Waals surface area contributed by atoms with Gasteiger partial charge in [-0.1, -0.05) is 0 Å². The molecule has 1 N–H and O–H groups in total. The molecule has 1 fully saturated rings. The SMILES string of the molecule is CNCCn1cc(S(=O)(=O)N2CCC(COC)CC2)cn1. The average Bonchev–Trinajstić information content (AvgIpc) is 2.96. The molecule has 0 atom stereocenters. The quantitative estimate of drug-likeness (QED) is 0.775. The van der Waals surface area contributed by atoms with Crippen molar-refractivity contribution in [2.75, 3.05) is 40.4 Å². The van der Waals surface area contributed by atoms with Crippen LogP contribution in [-0.2, 0) is 21.3 Å². The number of likely N-dealkylation sites (N-methyl/N-ethyl adjacent to an activating group) is 1. The maximum absolute atomic E-state index is 12.6. The number of hydrogen-bond acceptors (Lipinski definition) is 5. The second-order valence-corrected chi connectivity index (χ2v) is 7.28. The smallest absolute Gasteiger partial charge is 0.246 e. The first-order valence-electron chi connectivity index (χ1n) is 7.24. The van der Waals surface area contributed by atoms with Crippen molar-refractivity contribution in [3.63, 3.8) is 0 Å². The third-order valence-electron chi connectivity index (χ3n) is 3.81. The number of nitrogens with one attached hydrogen (secondary N) is 1. The molecular formula is C13H24N4O3S. The first-order valence-corrected chi connectivity index (χ1v) is 8.68. The Balaban J connectivity index is 2.00. The lowest BCUT2D eigenvalue weighted by molar-refractivity contribution is 0.121. The first-order chi connectivity index (χ1) is 10.1. The van der Waals surface area contributed by atoms with E-state index in [1.165, 1.54) is 6.20 Å². The average molecular weight is 316 g/mol. The van der Waals surface area contributed by atoms with Crippen molar-refractivity contribution in [2.24, 2.45) is 5.92 Å². The third kappa shape index (κ3) is 4.03. The predicted molar refractivity (Wildman–Crippen MR) is 79.5 cm³/mol. The second-order valence-electron chi connectivity index (χ2n) is 5.35. The number of nitrogens with zero attached hydrogens (tertiary/aromatic N) is 3. The van der Waals surface area contributed by atoms with Crippen molar-refractivity contribution in [3.8, 4) is 0 Å². The summed E-state index contributed by atoms with van der Waals surface area (Å²) in [5.41, 5.74) is 0. The fourth-order valence-corrected chi connectivity index (χ4v) is 3.95. The highest BCUT2D eigenvalue weighted by atomic mass is 32.2. The Morgan fingerprint density at radius 1 is 1.43 bits per heavy atom. The minimum Gasteiger partial charge on any atom is -0.384 e. The van der Waals surface area contributed by atoms with Crippen LogP contribution in [0.4, 0.5) is 0 Å². The number of piperidine rings is 1. The summed E-state index contributed by atoms with van der Waals surface area (Å²) in [5.74, 6) is 0.458. The van der Waals surface area contributed by atoms with Gasteiger partial charge in [-0.2, -0.15) is 9.40 Å². The van der Waals surface area contributed by atoms with E-state index in [4.69, 9.17) is 4.74 Å². The van der Waals surface area contributed by atoms with Crippen LogP contribution in [0, 0.1) is 5.92 Å². The Morgan fingerprint density at radius 2 is 2.14 bits per heavy atom. The zero-order valence-corrected chi connectivity index (χ0v) is 13.5. The second kappa shape index (κ2) is 7.35. The van der Waals surface area contributed by atoms with E-state index in [9.17, 15) is 8.42 Å². The van der Waals surface area contributed by atoms with E-state index in [-0.39, 0.29) is 4.90 Å². The molecule has 0 unspecified atom stereocenters. The minimum atomic E-state index is -3.42. The van der Waals surface area contributed by atoms with Crippen molar-refractivity contribution < 1.29 is 13.2 Å². The molecule has 1 aromatic heterocycles. The summed E-state index contributed by atoms with van der Waals surface area (Å²) in [6.07, 6.45) is 4.74. The Labute approximate surface area is 126 Å². The van der Waals surface area contributed by atoms with E-state index in [1.54, 1.807) is 22.3 Å². The zero-order valence-electron chi connectivity index (χ0n) is 12.7. The van der Waals surface area contributed by atoms with Crippen LogP contribution in [0.15, 0.2) is 17.3 Å². The number of methoxy groups -OCH3 is 1. The van der Waals surface area contributed by atoms with E-state index in [0.29, 0.717) is 32.2 Å². The molecule has 0 radical (unpaired) electrons. The molecule has 1 saturated heterocycles. The van der Waals surface area contributed by atoms with Gasteiger partial charge in [-0.05, 0) is 25.8 Å². The molecule has 0 saturated carbocycles. The van der Waals surface area contributed by atoms with Crippen LogP contribution >= 0.6 is 0 Å². The molecule has 2 heterocycles. The van der Waals surface area contributed by atoms with Crippen LogP contribution < -0.4 is 5.32 Å². The monoisotopic (exact) mass is 316 g/mol. The summed E-state index contributed by atoms with van der Waals surface area (Å²) in [7, 11) is 0.120. The van der Waals surface area contributed by atoms with Crippen molar-refractivity contribution in [2.45, 2.75) is 24.3 Å². The predicted octanol–water partition coefficient (Wildman–Crippen LogP) is 0.150. The maximum atomic E-state index is 12.6. The van der Waals surface area contributed by atoms with Crippen molar-refractivity contribution in [1.29, 1.82) is 0 Å². The van der Waals surface area contributed by atoms with E-state index in [1.807, 2.05) is 7.05 Å². The van der Waals surface area contributed by atoms with Crippen LogP contribution in [0.1, 0.15) is 12.8 Å². The lowest BCUT2D eigenvalue weighted by atomic mass is 9.99. The highest BCUT2D eigenvalue weighted by Crippen LogP contribution is 2.23. The molecule has 1 aromatic rings. The molecule has 0 bridgehead atoms. The normalized spacial score (nSPS) is 18.2. The van der Waals surface area contributed by atoms with Gasteiger partial charge in [0.05, 0.1) is 12.7 Å². The van der Waals surface area contributed by atoms with Crippen molar-refractivity contribution in [3.05, 3.63) is 12.4 Å². The maximum Gasteiger partial charge on any atom is 0.246 e. The number of hydrogen-bond donors (Lipinski definition) is 1. The Morgan fingerprint density at radius 3 is 2.76 bits per heavy atom. The summed E-state index contributed by atoms with van der Waals surface area (Å²) in [4.78, 5) is 0.281. The Bertz CT molecular complexity index is 535. The van der Waals surface area contributed by atoms with E-state index in [0.717, 1.165) is 19.4 Å². The topological polar surface area (TPSA) is 76.5 Å². The Kier molecular flexibility index (Phi) is 5.74. The lowest BCUT2D eigenvalue weighted by Gasteiger charge is -2.30. The molecule has 0 aromatic carbocycles. The molecule has 0 amide bonds. The van der Waals surface area contributed by atoms with Crippen molar-refractivity contribution in [1.82, 2.24) is 19.4 Å². The molecule has 0 aliphatic carbocycles. The van der Waals surface area contributed by atoms with E-state index >= 15 is 0 Å². The van der Waals surface area contributed by atoms with Gasteiger partial charge < -0.3 is 10.1 Å². The largest absolute Gasteiger partial charge is 0.384 e. The molecule has 8 heteroatoms. The molecule has 0 spiro atoms. The van der Waals surface area contributed by atoms with Gasteiger partial charge in [0.2, 0.25) is 10.0 Å². The van der Waals surface area contributed by atoms with Crippen LogP contribution in [0.5, 0.6) is 0 Å². The fourth-order valence-electron chi connectivity index (χ4n) is 2.53. The van der Waals surface area contributed by atoms with Crippen LogP contribution in [-0.4, -0.2) is 62.9 Å². The molecule has 1 aliphatic heterocycles. The molecule has 2 rings (SSSR count). The summed E-state index contributed by atoms with van der Waals surface area (Å²) in [6, 6.07) is 0. The van der Waals surface area contributed by atoms with Crippen LogP contribution in [0.25, 0.3) is 0 Å². The lowest BCUT2D eigenvalue weighted by Crippen LogP contribution is -2.39. The van der Waals surface area contributed by atoms with Gasteiger partial charge >= 0.3 is 0 Å². The number of aromatic nitrogens is 2. The van der Waals surface area contributed by atoms with E-state index in [2.05, 4.69) is 10.4 Å². The summed E-state index contributed by atoms with van der Waals surface area (Å²) >= 11 is 0. The van der Waals surface area contributed by atoms with Gasteiger partial charge in [-0.3, -0.25) is 4.68 Å².